The molecule has 0 fully saturated rings. The second-order valence-electron chi connectivity index (χ2n) is 4.08. The number of anilines is 1. The van der Waals surface area contributed by atoms with E-state index in [2.05, 4.69) is 5.32 Å². The van der Waals surface area contributed by atoms with Gasteiger partial charge < -0.3 is 10.4 Å². The molecule has 0 saturated carbocycles. The molecular formula is C14H11Cl2NO2. The average molecular weight is 296 g/mol. The van der Waals surface area contributed by atoms with Crippen molar-refractivity contribution in [3.63, 3.8) is 0 Å². The number of hydrogen-bond acceptors (Lipinski definition) is 2. The lowest BCUT2D eigenvalue weighted by molar-refractivity contribution is 0.102. The highest BCUT2D eigenvalue weighted by Gasteiger charge is 2.12. The van der Waals surface area contributed by atoms with Gasteiger partial charge in [-0.1, -0.05) is 29.3 Å². The molecule has 2 aromatic rings. The summed E-state index contributed by atoms with van der Waals surface area (Å²) in [5, 5.41) is 12.9. The predicted molar refractivity (Wildman–Crippen MR) is 77.3 cm³/mol. The number of carbonyl (C=O) groups excluding carboxylic acids is 1. The number of carbonyl (C=O) groups is 1. The number of phenolic OH excluding ortho intramolecular Hbond substituents is 1. The third-order valence-corrected chi connectivity index (χ3v) is 3.36. The van der Waals surface area contributed by atoms with E-state index in [1.807, 2.05) is 13.0 Å². The molecule has 0 aliphatic rings. The minimum absolute atomic E-state index is 0.0171. The van der Waals surface area contributed by atoms with E-state index >= 15 is 0 Å². The van der Waals surface area contributed by atoms with Gasteiger partial charge in [-0.2, -0.15) is 0 Å². The number of aryl methyl sites for hydroxylation is 1. The number of amides is 1. The van der Waals surface area contributed by atoms with Crippen molar-refractivity contribution in [2.24, 2.45) is 0 Å². The lowest BCUT2D eigenvalue weighted by Gasteiger charge is -2.08. The van der Waals surface area contributed by atoms with Gasteiger partial charge in [0.2, 0.25) is 0 Å². The molecule has 3 nitrogen and oxygen atoms in total. The molecule has 2 N–H and O–H groups in total. The van der Waals surface area contributed by atoms with Gasteiger partial charge in [-0.05, 0) is 42.8 Å². The third-order valence-electron chi connectivity index (χ3n) is 2.62. The van der Waals surface area contributed by atoms with Crippen LogP contribution in [0.2, 0.25) is 10.0 Å². The number of aromatic hydroxyl groups is 1. The van der Waals surface area contributed by atoms with Crippen molar-refractivity contribution in [1.82, 2.24) is 0 Å². The van der Waals surface area contributed by atoms with E-state index in [9.17, 15) is 9.90 Å². The monoisotopic (exact) mass is 295 g/mol. The molecule has 2 rings (SSSR count). The van der Waals surface area contributed by atoms with E-state index in [0.29, 0.717) is 10.7 Å². The van der Waals surface area contributed by atoms with Crippen LogP contribution >= 0.6 is 23.2 Å². The minimum atomic E-state index is -0.402. The van der Waals surface area contributed by atoms with E-state index in [4.69, 9.17) is 23.2 Å². The molecule has 0 atom stereocenters. The Kier molecular flexibility index (Phi) is 3.98. The average Bonchev–Trinajstić information content (AvgIpc) is 2.36. The molecule has 5 heteroatoms. The topological polar surface area (TPSA) is 49.3 Å². The largest absolute Gasteiger partial charge is 0.508 e. The Balaban J connectivity index is 2.25. The van der Waals surface area contributed by atoms with Crippen molar-refractivity contribution >= 4 is 34.8 Å². The third kappa shape index (κ3) is 3.19. The Morgan fingerprint density at radius 2 is 1.84 bits per heavy atom. The van der Waals surface area contributed by atoms with E-state index in [1.54, 1.807) is 12.1 Å². The molecule has 2 aromatic carbocycles. The van der Waals surface area contributed by atoms with Gasteiger partial charge in [-0.3, -0.25) is 4.79 Å². The fraction of sp³-hybridized carbons (Fsp3) is 0.0714. The molecule has 0 saturated heterocycles. The molecule has 19 heavy (non-hydrogen) atoms. The summed E-state index contributed by atoms with van der Waals surface area (Å²) in [5.41, 5.74) is 1.70. The number of phenols is 1. The number of rotatable bonds is 2. The Labute approximate surface area is 120 Å². The SMILES string of the molecule is Cc1ccc(NC(=O)c2cc(O)ccc2Cl)cc1Cl. The molecule has 0 aromatic heterocycles. The summed E-state index contributed by atoms with van der Waals surface area (Å²) < 4.78 is 0. The van der Waals surface area contributed by atoms with Gasteiger partial charge in [0.15, 0.2) is 0 Å². The van der Waals surface area contributed by atoms with Crippen LogP contribution in [-0.4, -0.2) is 11.0 Å². The van der Waals surface area contributed by atoms with Crippen LogP contribution < -0.4 is 5.32 Å². The lowest BCUT2D eigenvalue weighted by Crippen LogP contribution is -2.12. The summed E-state index contributed by atoms with van der Waals surface area (Å²) >= 11 is 11.9. The van der Waals surface area contributed by atoms with E-state index in [0.717, 1.165) is 5.56 Å². The Morgan fingerprint density at radius 3 is 2.53 bits per heavy atom. The van der Waals surface area contributed by atoms with E-state index in [1.165, 1.54) is 18.2 Å². The summed E-state index contributed by atoms with van der Waals surface area (Å²) in [6.07, 6.45) is 0. The smallest absolute Gasteiger partial charge is 0.257 e. The number of hydrogen-bond donors (Lipinski definition) is 2. The zero-order chi connectivity index (χ0) is 14.0. The molecule has 0 unspecified atom stereocenters. The van der Waals surface area contributed by atoms with Gasteiger partial charge in [0, 0.05) is 10.7 Å². The van der Waals surface area contributed by atoms with E-state index in [-0.39, 0.29) is 16.3 Å². The standard InChI is InChI=1S/C14H11Cl2NO2/c1-8-2-3-9(6-13(8)16)17-14(19)11-7-10(18)4-5-12(11)15/h2-7,18H,1H3,(H,17,19). The minimum Gasteiger partial charge on any atom is -0.508 e. The molecular weight excluding hydrogens is 285 g/mol. The maximum Gasteiger partial charge on any atom is 0.257 e. The van der Waals surface area contributed by atoms with Crippen LogP contribution in [0.4, 0.5) is 5.69 Å². The summed E-state index contributed by atoms with van der Waals surface area (Å²) in [5.74, 6) is -0.419. The highest BCUT2D eigenvalue weighted by molar-refractivity contribution is 6.34. The van der Waals surface area contributed by atoms with Crippen molar-refractivity contribution in [3.8, 4) is 5.75 Å². The van der Waals surface area contributed by atoms with Crippen LogP contribution in [0.3, 0.4) is 0 Å². The van der Waals surface area contributed by atoms with Crippen molar-refractivity contribution < 1.29 is 9.90 Å². The van der Waals surface area contributed by atoms with Crippen LogP contribution in [0.5, 0.6) is 5.75 Å². The highest BCUT2D eigenvalue weighted by atomic mass is 35.5. The zero-order valence-corrected chi connectivity index (χ0v) is 11.6. The molecule has 0 heterocycles. The van der Waals surface area contributed by atoms with Crippen LogP contribution in [0, 0.1) is 6.92 Å². The highest BCUT2D eigenvalue weighted by Crippen LogP contribution is 2.24. The normalized spacial score (nSPS) is 10.3. The van der Waals surface area contributed by atoms with Gasteiger partial charge in [0.1, 0.15) is 5.75 Å². The summed E-state index contributed by atoms with van der Waals surface area (Å²) in [7, 11) is 0. The van der Waals surface area contributed by atoms with Crippen LogP contribution in [0.1, 0.15) is 15.9 Å². The Bertz CT molecular complexity index is 641. The maximum atomic E-state index is 12.0. The Hall–Kier alpha value is -1.71. The summed E-state index contributed by atoms with van der Waals surface area (Å²) in [6, 6.07) is 9.41. The fourth-order valence-electron chi connectivity index (χ4n) is 1.56. The van der Waals surface area contributed by atoms with Crippen molar-refractivity contribution in [1.29, 1.82) is 0 Å². The quantitative estimate of drug-likeness (QED) is 0.870. The van der Waals surface area contributed by atoms with Gasteiger partial charge >= 0.3 is 0 Å². The number of benzene rings is 2. The van der Waals surface area contributed by atoms with Crippen molar-refractivity contribution in [3.05, 3.63) is 57.6 Å². The first-order valence-electron chi connectivity index (χ1n) is 5.53. The molecule has 0 aliphatic heterocycles. The van der Waals surface area contributed by atoms with Crippen molar-refractivity contribution in [2.45, 2.75) is 6.92 Å². The second kappa shape index (κ2) is 5.51. The first-order chi connectivity index (χ1) is 8.97. The lowest BCUT2D eigenvalue weighted by atomic mass is 10.2. The second-order valence-corrected chi connectivity index (χ2v) is 4.90. The summed E-state index contributed by atoms with van der Waals surface area (Å²) in [4.78, 5) is 12.0. The molecule has 0 aliphatic carbocycles. The summed E-state index contributed by atoms with van der Waals surface area (Å²) in [6.45, 7) is 1.88. The molecule has 0 bridgehead atoms. The van der Waals surface area contributed by atoms with Crippen LogP contribution in [0.25, 0.3) is 0 Å². The maximum absolute atomic E-state index is 12.0. The Morgan fingerprint density at radius 1 is 1.11 bits per heavy atom. The number of halogens is 2. The van der Waals surface area contributed by atoms with Gasteiger partial charge in [-0.15, -0.1) is 0 Å². The first kappa shape index (κ1) is 13.7. The molecule has 0 radical (unpaired) electrons. The zero-order valence-electron chi connectivity index (χ0n) is 10.1. The molecule has 1 amide bonds. The van der Waals surface area contributed by atoms with Gasteiger partial charge in [0.05, 0.1) is 10.6 Å². The van der Waals surface area contributed by atoms with Crippen LogP contribution in [0.15, 0.2) is 36.4 Å². The fourth-order valence-corrected chi connectivity index (χ4v) is 1.94. The first-order valence-corrected chi connectivity index (χ1v) is 6.29. The van der Waals surface area contributed by atoms with Crippen molar-refractivity contribution in [2.75, 3.05) is 5.32 Å². The predicted octanol–water partition coefficient (Wildman–Crippen LogP) is 4.26. The van der Waals surface area contributed by atoms with Crippen LogP contribution in [-0.2, 0) is 0 Å². The number of nitrogens with one attached hydrogen (secondary N) is 1. The molecule has 0 spiro atoms. The van der Waals surface area contributed by atoms with Gasteiger partial charge in [0.25, 0.3) is 5.91 Å². The molecule has 98 valence electrons. The van der Waals surface area contributed by atoms with Gasteiger partial charge in [-0.25, -0.2) is 0 Å². The van der Waals surface area contributed by atoms with E-state index < -0.39 is 5.91 Å².